The van der Waals surface area contributed by atoms with Gasteiger partial charge in [0, 0.05) is 6.92 Å². The molecule has 1 aliphatic carbocycles. The summed E-state index contributed by atoms with van der Waals surface area (Å²) in [6.45, 7) is 9.63. The summed E-state index contributed by atoms with van der Waals surface area (Å²) in [6, 6.07) is 3.02. The fourth-order valence-electron chi connectivity index (χ4n) is 2.62. The number of hydrogen-bond donors (Lipinski definition) is 1. The van der Waals surface area contributed by atoms with E-state index in [1.807, 2.05) is 27.7 Å². The Morgan fingerprint density at radius 2 is 1.88 bits per heavy atom. The van der Waals surface area contributed by atoms with E-state index in [9.17, 15) is 9.18 Å². The lowest BCUT2D eigenvalue weighted by Crippen LogP contribution is -2.41. The van der Waals surface area contributed by atoms with Crippen molar-refractivity contribution >= 4 is 24.2 Å². The van der Waals surface area contributed by atoms with Gasteiger partial charge in [-0.3, -0.25) is 4.79 Å². The number of ether oxygens (including phenoxy) is 1. The first-order valence-corrected chi connectivity index (χ1v) is 8.68. The number of benzene rings is 1. The van der Waals surface area contributed by atoms with E-state index >= 15 is 0 Å². The second-order valence-electron chi connectivity index (χ2n) is 7.90. The summed E-state index contributed by atoms with van der Waals surface area (Å²) in [5.41, 5.74) is -0.427. The van der Waals surface area contributed by atoms with Crippen LogP contribution >= 0.6 is 0 Å². The summed E-state index contributed by atoms with van der Waals surface area (Å²) < 4.78 is 32.4. The van der Waals surface area contributed by atoms with Crippen molar-refractivity contribution in [2.24, 2.45) is 5.92 Å². The lowest BCUT2D eigenvalue weighted by Gasteiger charge is -2.32. The van der Waals surface area contributed by atoms with E-state index in [0.29, 0.717) is 23.7 Å². The molecule has 2 aliphatic rings. The second kappa shape index (κ2) is 6.29. The Labute approximate surface area is 148 Å². The molecule has 0 radical (unpaired) electrons. The summed E-state index contributed by atoms with van der Waals surface area (Å²) in [5.74, 6) is -0.0904. The minimum atomic E-state index is -0.686. The maximum absolute atomic E-state index is 14.6. The van der Waals surface area contributed by atoms with E-state index in [2.05, 4.69) is 5.32 Å². The molecule has 0 spiro atoms. The van der Waals surface area contributed by atoms with Gasteiger partial charge in [0.15, 0.2) is 0 Å². The molecule has 0 atom stereocenters. The first-order valence-electron chi connectivity index (χ1n) is 8.68. The predicted octanol–water partition coefficient (Wildman–Crippen LogP) is 2.87. The highest BCUT2D eigenvalue weighted by atomic mass is 19.1. The number of halogens is 1. The van der Waals surface area contributed by atoms with Gasteiger partial charge >= 0.3 is 7.12 Å². The lowest BCUT2D eigenvalue weighted by atomic mass is 9.78. The third-order valence-corrected chi connectivity index (χ3v) is 5.07. The summed E-state index contributed by atoms with van der Waals surface area (Å²) in [6.07, 6.45) is 2.24. The highest BCUT2D eigenvalue weighted by Gasteiger charge is 2.52. The third-order valence-electron chi connectivity index (χ3n) is 5.07. The molecule has 7 heteroatoms. The molecule has 2 fully saturated rings. The summed E-state index contributed by atoms with van der Waals surface area (Å²) in [5, 5.41) is 2.52. The first kappa shape index (κ1) is 18.2. The number of carbonyl (C=O) groups excluding carboxylic acids is 1. The Morgan fingerprint density at radius 1 is 1.28 bits per heavy atom. The second-order valence-corrected chi connectivity index (χ2v) is 7.90. The summed E-state index contributed by atoms with van der Waals surface area (Å²) in [7, 11) is -0.686. The van der Waals surface area contributed by atoms with Crippen LogP contribution in [0.15, 0.2) is 12.1 Å². The van der Waals surface area contributed by atoms with Crippen molar-refractivity contribution in [2.75, 3.05) is 11.9 Å². The van der Waals surface area contributed by atoms with Crippen molar-refractivity contribution in [2.45, 2.75) is 58.7 Å². The highest BCUT2D eigenvalue weighted by Crippen LogP contribution is 2.38. The van der Waals surface area contributed by atoms with Gasteiger partial charge in [0.25, 0.3) is 0 Å². The number of rotatable bonds is 5. The van der Waals surface area contributed by atoms with Gasteiger partial charge in [-0.05, 0) is 64.1 Å². The van der Waals surface area contributed by atoms with Gasteiger partial charge < -0.3 is 19.4 Å². The molecular weight excluding hydrogens is 324 g/mol. The van der Waals surface area contributed by atoms with Crippen molar-refractivity contribution in [3.05, 3.63) is 17.9 Å². The van der Waals surface area contributed by atoms with Crippen LogP contribution in [-0.2, 0) is 14.1 Å². The third kappa shape index (κ3) is 3.82. The van der Waals surface area contributed by atoms with E-state index in [-0.39, 0.29) is 11.6 Å². The van der Waals surface area contributed by atoms with Crippen molar-refractivity contribution in [1.29, 1.82) is 0 Å². The Hall–Kier alpha value is -1.60. The SMILES string of the molecule is CC(=O)Nc1c(F)cc(B2OC(C)(C)C(C)(C)O2)cc1OCC1CC1. The molecule has 136 valence electrons. The van der Waals surface area contributed by atoms with Gasteiger partial charge in [0.05, 0.1) is 17.8 Å². The average Bonchev–Trinajstić information content (AvgIpc) is 3.26. The predicted molar refractivity (Wildman–Crippen MR) is 94.6 cm³/mol. The summed E-state index contributed by atoms with van der Waals surface area (Å²) >= 11 is 0. The van der Waals surface area contributed by atoms with Crippen LogP contribution in [0.4, 0.5) is 10.1 Å². The minimum Gasteiger partial charge on any atom is -0.491 e. The molecule has 1 aromatic rings. The number of amides is 1. The van der Waals surface area contributed by atoms with Crippen LogP contribution in [0.1, 0.15) is 47.5 Å². The zero-order valence-corrected chi connectivity index (χ0v) is 15.4. The van der Waals surface area contributed by atoms with E-state index in [1.54, 1.807) is 6.07 Å². The highest BCUT2D eigenvalue weighted by molar-refractivity contribution is 6.62. The van der Waals surface area contributed by atoms with Gasteiger partial charge in [-0.25, -0.2) is 4.39 Å². The summed E-state index contributed by atoms with van der Waals surface area (Å²) in [4.78, 5) is 11.4. The van der Waals surface area contributed by atoms with Crippen LogP contribution in [0.5, 0.6) is 5.75 Å². The normalized spacial score (nSPS) is 21.3. The number of hydrogen-bond acceptors (Lipinski definition) is 4. The maximum Gasteiger partial charge on any atom is 0.495 e. The van der Waals surface area contributed by atoms with E-state index in [4.69, 9.17) is 14.0 Å². The molecule has 0 aromatic heterocycles. The molecule has 1 saturated heterocycles. The molecule has 25 heavy (non-hydrogen) atoms. The molecule has 1 N–H and O–H groups in total. The van der Waals surface area contributed by atoms with Crippen LogP contribution in [0, 0.1) is 11.7 Å². The van der Waals surface area contributed by atoms with Gasteiger partial charge in [-0.1, -0.05) is 0 Å². The maximum atomic E-state index is 14.6. The molecule has 1 aromatic carbocycles. The van der Waals surface area contributed by atoms with E-state index < -0.39 is 24.1 Å². The van der Waals surface area contributed by atoms with Gasteiger partial charge in [-0.15, -0.1) is 0 Å². The van der Waals surface area contributed by atoms with Crippen molar-refractivity contribution in [3.63, 3.8) is 0 Å². The Balaban J connectivity index is 1.90. The number of carbonyl (C=O) groups is 1. The molecule has 1 heterocycles. The van der Waals surface area contributed by atoms with Gasteiger partial charge in [0.2, 0.25) is 5.91 Å². The molecule has 1 aliphatic heterocycles. The molecule has 1 amide bonds. The van der Waals surface area contributed by atoms with Gasteiger partial charge in [0.1, 0.15) is 17.3 Å². The molecule has 3 rings (SSSR count). The average molecular weight is 349 g/mol. The minimum absolute atomic E-state index is 0.0633. The molecule has 0 unspecified atom stereocenters. The zero-order chi connectivity index (χ0) is 18.4. The topological polar surface area (TPSA) is 56.8 Å². The Morgan fingerprint density at radius 3 is 2.40 bits per heavy atom. The van der Waals surface area contributed by atoms with E-state index in [0.717, 1.165) is 12.8 Å². The Kier molecular flexibility index (Phi) is 4.58. The van der Waals surface area contributed by atoms with Crippen molar-refractivity contribution in [1.82, 2.24) is 0 Å². The smallest absolute Gasteiger partial charge is 0.491 e. The quantitative estimate of drug-likeness (QED) is 0.831. The largest absolute Gasteiger partial charge is 0.495 e. The monoisotopic (exact) mass is 349 g/mol. The number of anilines is 1. The lowest BCUT2D eigenvalue weighted by molar-refractivity contribution is -0.114. The molecule has 1 saturated carbocycles. The van der Waals surface area contributed by atoms with Crippen molar-refractivity contribution < 1.29 is 23.2 Å². The standard InChI is InChI=1S/C18H25BFNO4/c1-11(22)21-16-14(20)8-13(9-15(16)23-10-12-6-7-12)19-24-17(2,3)18(4,5)25-19/h8-9,12H,6-7,10H2,1-5H3,(H,21,22). The molecule has 5 nitrogen and oxygen atoms in total. The van der Waals surface area contributed by atoms with Crippen LogP contribution < -0.4 is 15.5 Å². The zero-order valence-electron chi connectivity index (χ0n) is 15.4. The van der Waals surface area contributed by atoms with Crippen LogP contribution in [-0.4, -0.2) is 30.8 Å². The fourth-order valence-corrected chi connectivity index (χ4v) is 2.62. The van der Waals surface area contributed by atoms with Gasteiger partial charge in [-0.2, -0.15) is 0 Å². The van der Waals surface area contributed by atoms with Crippen LogP contribution in [0.25, 0.3) is 0 Å². The van der Waals surface area contributed by atoms with Crippen LogP contribution in [0.2, 0.25) is 0 Å². The van der Waals surface area contributed by atoms with Crippen LogP contribution in [0.3, 0.4) is 0 Å². The fraction of sp³-hybridized carbons (Fsp3) is 0.611. The van der Waals surface area contributed by atoms with E-state index in [1.165, 1.54) is 13.0 Å². The first-order chi connectivity index (χ1) is 11.6. The molecular formula is C18H25BFNO4. The van der Waals surface area contributed by atoms with Crippen molar-refractivity contribution in [3.8, 4) is 5.75 Å². The molecule has 0 bridgehead atoms. The Bertz CT molecular complexity index is 672. The number of nitrogens with one attached hydrogen (secondary N) is 1.